The summed E-state index contributed by atoms with van der Waals surface area (Å²) in [5.41, 5.74) is 7.95. The fourth-order valence-electron chi connectivity index (χ4n) is 3.55. The van der Waals surface area contributed by atoms with Crippen molar-refractivity contribution >= 4 is 17.0 Å². The summed E-state index contributed by atoms with van der Waals surface area (Å²) >= 11 is 0. The van der Waals surface area contributed by atoms with Crippen molar-refractivity contribution in [3.63, 3.8) is 0 Å². The van der Waals surface area contributed by atoms with Crippen LogP contribution in [0.1, 0.15) is 37.3 Å². The summed E-state index contributed by atoms with van der Waals surface area (Å²) in [5.74, 6) is 2.20. The van der Waals surface area contributed by atoms with Crippen LogP contribution in [0.5, 0.6) is 0 Å². The topological polar surface area (TPSA) is 128 Å². The van der Waals surface area contributed by atoms with Crippen LogP contribution in [0.15, 0.2) is 11.0 Å². The molecule has 0 bridgehead atoms. The number of H-pyrrole nitrogens is 2. The van der Waals surface area contributed by atoms with Gasteiger partial charge in [0, 0.05) is 31.9 Å². The Bertz CT molecular complexity index is 1010. The van der Waals surface area contributed by atoms with Gasteiger partial charge in [-0.15, -0.1) is 0 Å². The fraction of sp³-hybridized carbons (Fsp3) is 0.529. The van der Waals surface area contributed by atoms with Gasteiger partial charge in [-0.1, -0.05) is 0 Å². The van der Waals surface area contributed by atoms with Crippen LogP contribution in [0.25, 0.3) is 22.8 Å². The zero-order valence-corrected chi connectivity index (χ0v) is 14.4. The van der Waals surface area contributed by atoms with Crippen molar-refractivity contribution in [2.45, 2.75) is 38.1 Å². The zero-order chi connectivity index (χ0) is 17.7. The van der Waals surface area contributed by atoms with Crippen molar-refractivity contribution in [3.05, 3.63) is 22.4 Å². The number of nitrogens with zero attached hydrogens (tertiary/aromatic N) is 4. The molecule has 1 aliphatic carbocycles. The number of aromatic nitrogens is 6. The van der Waals surface area contributed by atoms with Gasteiger partial charge in [-0.25, -0.2) is 19.7 Å². The van der Waals surface area contributed by atoms with E-state index in [1.54, 1.807) is 4.57 Å². The van der Waals surface area contributed by atoms with Crippen molar-refractivity contribution < 1.29 is 4.74 Å². The molecule has 0 amide bonds. The summed E-state index contributed by atoms with van der Waals surface area (Å²) in [6, 6.07) is 0. The number of nitrogen functional groups attached to an aromatic ring is 1. The maximum Gasteiger partial charge on any atom is 0.327 e. The first-order chi connectivity index (χ1) is 12.7. The van der Waals surface area contributed by atoms with E-state index >= 15 is 0 Å². The number of anilines is 1. The number of aromatic amines is 2. The largest absolute Gasteiger partial charge is 0.382 e. The Labute approximate surface area is 149 Å². The molecule has 9 heteroatoms. The first-order valence-corrected chi connectivity index (χ1v) is 9.08. The predicted octanol–water partition coefficient (Wildman–Crippen LogP) is 1.40. The lowest BCUT2D eigenvalue weighted by molar-refractivity contribution is 0.0613. The number of fused-ring (bicyclic) bond motifs is 1. The minimum atomic E-state index is -0.206. The predicted molar refractivity (Wildman–Crippen MR) is 95.7 cm³/mol. The summed E-state index contributed by atoms with van der Waals surface area (Å²) in [4.78, 5) is 31.9. The number of hydrogen-bond donors (Lipinski definition) is 3. The highest BCUT2D eigenvalue weighted by atomic mass is 16.5. The molecule has 2 fully saturated rings. The first-order valence-electron chi connectivity index (χ1n) is 9.08. The Kier molecular flexibility index (Phi) is 3.56. The minimum Gasteiger partial charge on any atom is -0.382 e. The van der Waals surface area contributed by atoms with E-state index in [2.05, 4.69) is 24.9 Å². The molecule has 0 atom stereocenters. The molecule has 4 heterocycles. The molecule has 5 rings (SSSR count). The van der Waals surface area contributed by atoms with E-state index in [0.717, 1.165) is 31.7 Å². The summed E-state index contributed by atoms with van der Waals surface area (Å²) in [6.45, 7) is 2.07. The number of imidazole rings is 2. The molecule has 2 aliphatic rings. The molecule has 3 aromatic rings. The van der Waals surface area contributed by atoms with Crippen LogP contribution in [0.2, 0.25) is 0 Å². The van der Waals surface area contributed by atoms with E-state index < -0.39 is 0 Å². The first kappa shape index (κ1) is 15.6. The summed E-state index contributed by atoms with van der Waals surface area (Å²) in [7, 11) is 0. The second-order valence-electron chi connectivity index (χ2n) is 7.18. The van der Waals surface area contributed by atoms with Crippen LogP contribution < -0.4 is 11.4 Å². The normalized spacial score (nSPS) is 18.6. The number of nitrogens with one attached hydrogen (secondary N) is 2. The van der Waals surface area contributed by atoms with Crippen LogP contribution in [-0.2, 0) is 11.3 Å². The van der Waals surface area contributed by atoms with E-state index in [-0.39, 0.29) is 11.5 Å². The van der Waals surface area contributed by atoms with E-state index in [1.807, 2.05) is 6.20 Å². The lowest BCUT2D eigenvalue weighted by atomic mass is 10.0. The zero-order valence-electron chi connectivity index (χ0n) is 14.4. The smallest absolute Gasteiger partial charge is 0.327 e. The van der Waals surface area contributed by atoms with Crippen LogP contribution >= 0.6 is 0 Å². The van der Waals surface area contributed by atoms with Gasteiger partial charge >= 0.3 is 5.69 Å². The van der Waals surface area contributed by atoms with Gasteiger partial charge in [-0.3, -0.25) is 4.57 Å². The molecule has 136 valence electrons. The highest BCUT2D eigenvalue weighted by Crippen LogP contribution is 2.39. The van der Waals surface area contributed by atoms with Gasteiger partial charge in [-0.2, -0.15) is 0 Å². The number of nitrogens with two attached hydrogens (primary N) is 1. The maximum absolute atomic E-state index is 12.4. The monoisotopic (exact) mass is 355 g/mol. The molecule has 26 heavy (non-hydrogen) atoms. The Morgan fingerprint density at radius 2 is 2.00 bits per heavy atom. The minimum absolute atomic E-state index is 0.206. The van der Waals surface area contributed by atoms with Crippen LogP contribution in [0.3, 0.4) is 0 Å². The second-order valence-corrected chi connectivity index (χ2v) is 7.18. The van der Waals surface area contributed by atoms with Crippen LogP contribution in [0, 0.1) is 5.92 Å². The van der Waals surface area contributed by atoms with Crippen molar-refractivity contribution in [3.8, 4) is 11.6 Å². The lowest BCUT2D eigenvalue weighted by Crippen LogP contribution is -2.26. The third-order valence-electron chi connectivity index (χ3n) is 5.24. The second kappa shape index (κ2) is 5.94. The number of hydrogen-bond acceptors (Lipinski definition) is 6. The average Bonchev–Trinajstić information content (AvgIpc) is 3.30. The molecule has 1 saturated carbocycles. The Balaban J connectivity index is 1.55. The molecule has 0 aromatic carbocycles. The molecule has 9 nitrogen and oxygen atoms in total. The highest BCUT2D eigenvalue weighted by molar-refractivity contribution is 5.83. The van der Waals surface area contributed by atoms with Crippen molar-refractivity contribution in [1.82, 2.24) is 29.5 Å². The van der Waals surface area contributed by atoms with Gasteiger partial charge in [0.25, 0.3) is 0 Å². The third-order valence-corrected chi connectivity index (χ3v) is 5.24. The van der Waals surface area contributed by atoms with Gasteiger partial charge in [0.15, 0.2) is 23.1 Å². The van der Waals surface area contributed by atoms with Crippen LogP contribution in [-0.4, -0.2) is 42.7 Å². The molecule has 4 N–H and O–H groups in total. The average molecular weight is 355 g/mol. The highest BCUT2D eigenvalue weighted by Gasteiger charge is 2.27. The number of rotatable bonds is 4. The molecule has 0 radical (unpaired) electrons. The molecular formula is C17H21N7O2. The molecule has 0 unspecified atom stereocenters. The standard InChI is InChI=1S/C17H21N7O2/c18-13-12-16(24(17(25)21-12)8-9-3-5-26-6-4-9)23-15(22-13)14-19-7-11(20-14)10-1-2-10/h7,9-10H,1-6,8H2,(H,19,20)(H,21,25)(H2,18,22,23). The summed E-state index contributed by atoms with van der Waals surface area (Å²) in [5, 5.41) is 0. The van der Waals surface area contributed by atoms with Crippen molar-refractivity contribution in [2.75, 3.05) is 18.9 Å². The number of ether oxygens (including phenoxy) is 1. The van der Waals surface area contributed by atoms with Gasteiger partial charge < -0.3 is 20.4 Å². The quantitative estimate of drug-likeness (QED) is 0.649. The Morgan fingerprint density at radius 3 is 2.77 bits per heavy atom. The van der Waals surface area contributed by atoms with E-state index in [0.29, 0.717) is 41.2 Å². The van der Waals surface area contributed by atoms with E-state index in [9.17, 15) is 4.79 Å². The van der Waals surface area contributed by atoms with E-state index in [4.69, 9.17) is 10.5 Å². The Hall–Kier alpha value is -2.68. The fourth-order valence-corrected chi connectivity index (χ4v) is 3.55. The molecular weight excluding hydrogens is 334 g/mol. The molecule has 3 aromatic heterocycles. The van der Waals surface area contributed by atoms with Crippen molar-refractivity contribution in [1.29, 1.82) is 0 Å². The third kappa shape index (κ3) is 2.68. The van der Waals surface area contributed by atoms with Gasteiger partial charge in [0.2, 0.25) is 0 Å². The molecule has 0 spiro atoms. The van der Waals surface area contributed by atoms with Gasteiger partial charge in [-0.05, 0) is 31.6 Å². The lowest BCUT2D eigenvalue weighted by Gasteiger charge is -2.22. The van der Waals surface area contributed by atoms with Gasteiger partial charge in [0.05, 0.1) is 5.69 Å². The summed E-state index contributed by atoms with van der Waals surface area (Å²) in [6.07, 6.45) is 6.14. The maximum atomic E-state index is 12.4. The molecule has 1 aliphatic heterocycles. The van der Waals surface area contributed by atoms with Crippen molar-refractivity contribution in [2.24, 2.45) is 5.92 Å². The van der Waals surface area contributed by atoms with E-state index in [1.165, 1.54) is 12.8 Å². The SMILES string of the molecule is Nc1nc(-c2nc(C3CC3)c[nH]2)nc2c1[nH]c(=O)n2CC1CCOCC1. The van der Waals surface area contributed by atoms with Crippen LogP contribution in [0.4, 0.5) is 5.82 Å². The van der Waals surface area contributed by atoms with Gasteiger partial charge in [0.1, 0.15) is 5.52 Å². The summed E-state index contributed by atoms with van der Waals surface area (Å²) < 4.78 is 7.07. The Morgan fingerprint density at radius 1 is 1.19 bits per heavy atom. The molecule has 1 saturated heterocycles.